The number of rotatable bonds is 3. The molecule has 0 aliphatic heterocycles. The maximum Gasteiger partial charge on any atom is 0.414 e. The highest BCUT2D eigenvalue weighted by Gasteiger charge is 2.14. The van der Waals surface area contributed by atoms with Crippen LogP contribution in [-0.2, 0) is 12.8 Å². The Morgan fingerprint density at radius 3 is 3.00 bits per heavy atom. The van der Waals surface area contributed by atoms with Crippen molar-refractivity contribution in [2.45, 2.75) is 25.7 Å². The molecule has 0 fully saturated rings. The minimum absolute atomic E-state index is 0.315. The number of amides is 1. The average Bonchev–Trinajstić information content (AvgIpc) is 2.83. The van der Waals surface area contributed by atoms with Crippen molar-refractivity contribution >= 4 is 6.09 Å². The number of fused-ring (bicyclic) bond motifs is 1. The summed E-state index contributed by atoms with van der Waals surface area (Å²) in [4.78, 5) is 13.1. The minimum atomic E-state index is -0.414. The molecule has 0 unspecified atom stereocenters. The van der Waals surface area contributed by atoms with E-state index in [1.54, 1.807) is 7.05 Å². The molecule has 1 aliphatic rings. The lowest BCUT2D eigenvalue weighted by Crippen LogP contribution is -2.30. The molecule has 94 valence electrons. The van der Waals surface area contributed by atoms with Crippen LogP contribution in [0.25, 0.3) is 0 Å². The Kier molecular flexibility index (Phi) is 3.83. The number of hydrogen-bond acceptors (Lipinski definition) is 3. The van der Waals surface area contributed by atoms with Crippen LogP contribution in [0.4, 0.5) is 4.79 Å². The molecule has 0 saturated carbocycles. The summed E-state index contributed by atoms with van der Waals surface area (Å²) in [5.41, 5.74) is 2.63. The molecule has 0 heterocycles. The van der Waals surface area contributed by atoms with Crippen molar-refractivity contribution in [3.05, 3.63) is 29.3 Å². The molecule has 0 atom stereocenters. The van der Waals surface area contributed by atoms with Gasteiger partial charge in [-0.1, -0.05) is 6.07 Å². The summed E-state index contributed by atoms with van der Waals surface area (Å²) >= 11 is 0. The standard InChI is InChI=1S/C14H16N2O2/c1-16(9-3-8-15)14(17)18-13-7-6-11-4-2-5-12(11)10-13/h6-7,10H,2-5,9H2,1H3. The van der Waals surface area contributed by atoms with Crippen molar-refractivity contribution in [1.82, 2.24) is 4.90 Å². The summed E-state index contributed by atoms with van der Waals surface area (Å²) in [6, 6.07) is 7.81. The summed E-state index contributed by atoms with van der Waals surface area (Å²) in [6.07, 6.45) is 3.25. The predicted molar refractivity (Wildman–Crippen MR) is 67.4 cm³/mol. The third-order valence-corrected chi connectivity index (χ3v) is 3.15. The van der Waals surface area contributed by atoms with Gasteiger partial charge in [-0.25, -0.2) is 4.79 Å². The quantitative estimate of drug-likeness (QED) is 0.821. The fourth-order valence-corrected chi connectivity index (χ4v) is 2.10. The second kappa shape index (κ2) is 5.54. The topological polar surface area (TPSA) is 53.3 Å². The van der Waals surface area contributed by atoms with Gasteiger partial charge < -0.3 is 9.64 Å². The molecule has 1 amide bonds. The van der Waals surface area contributed by atoms with E-state index in [1.165, 1.54) is 22.4 Å². The first-order valence-corrected chi connectivity index (χ1v) is 6.12. The lowest BCUT2D eigenvalue weighted by atomic mass is 10.1. The van der Waals surface area contributed by atoms with Crippen LogP contribution in [0.15, 0.2) is 18.2 Å². The van der Waals surface area contributed by atoms with Crippen LogP contribution in [0.1, 0.15) is 24.0 Å². The molecular formula is C14H16N2O2. The Hall–Kier alpha value is -2.02. The zero-order valence-electron chi connectivity index (χ0n) is 10.5. The van der Waals surface area contributed by atoms with Crippen LogP contribution in [0.2, 0.25) is 0 Å². The van der Waals surface area contributed by atoms with Crippen LogP contribution in [0.5, 0.6) is 5.75 Å². The van der Waals surface area contributed by atoms with Gasteiger partial charge in [0.1, 0.15) is 5.75 Å². The second-order valence-corrected chi connectivity index (χ2v) is 4.48. The van der Waals surface area contributed by atoms with E-state index in [2.05, 4.69) is 0 Å². The Morgan fingerprint density at radius 1 is 1.44 bits per heavy atom. The van der Waals surface area contributed by atoms with Crippen molar-refractivity contribution in [3.8, 4) is 11.8 Å². The van der Waals surface area contributed by atoms with Gasteiger partial charge in [-0.05, 0) is 42.5 Å². The molecule has 0 spiro atoms. The van der Waals surface area contributed by atoms with Gasteiger partial charge in [-0.15, -0.1) is 0 Å². The Labute approximate surface area is 107 Å². The van der Waals surface area contributed by atoms with E-state index in [4.69, 9.17) is 10.00 Å². The SMILES string of the molecule is CN(CCC#N)C(=O)Oc1ccc2c(c1)CCC2. The van der Waals surface area contributed by atoms with Crippen molar-refractivity contribution in [2.75, 3.05) is 13.6 Å². The van der Waals surface area contributed by atoms with Gasteiger partial charge in [0.05, 0.1) is 12.5 Å². The highest BCUT2D eigenvalue weighted by molar-refractivity contribution is 5.70. The molecule has 4 nitrogen and oxygen atoms in total. The molecular weight excluding hydrogens is 228 g/mol. The average molecular weight is 244 g/mol. The van der Waals surface area contributed by atoms with Crippen LogP contribution in [0, 0.1) is 11.3 Å². The minimum Gasteiger partial charge on any atom is -0.410 e. The normalized spacial score (nSPS) is 12.7. The number of carbonyl (C=O) groups excluding carboxylic acids is 1. The van der Waals surface area contributed by atoms with Crippen LogP contribution in [0.3, 0.4) is 0 Å². The molecule has 4 heteroatoms. The van der Waals surface area contributed by atoms with Gasteiger partial charge >= 0.3 is 6.09 Å². The van der Waals surface area contributed by atoms with E-state index in [9.17, 15) is 4.79 Å². The van der Waals surface area contributed by atoms with E-state index in [0.29, 0.717) is 18.7 Å². The van der Waals surface area contributed by atoms with E-state index in [1.807, 2.05) is 24.3 Å². The first kappa shape index (κ1) is 12.4. The summed E-state index contributed by atoms with van der Waals surface area (Å²) in [5.74, 6) is 0.587. The van der Waals surface area contributed by atoms with Crippen molar-refractivity contribution < 1.29 is 9.53 Å². The Morgan fingerprint density at radius 2 is 2.22 bits per heavy atom. The van der Waals surface area contributed by atoms with Crippen LogP contribution >= 0.6 is 0 Å². The zero-order chi connectivity index (χ0) is 13.0. The smallest absolute Gasteiger partial charge is 0.410 e. The molecule has 0 saturated heterocycles. The van der Waals surface area contributed by atoms with E-state index in [-0.39, 0.29) is 0 Å². The molecule has 0 radical (unpaired) electrons. The van der Waals surface area contributed by atoms with Gasteiger partial charge in [0.25, 0.3) is 0 Å². The fourth-order valence-electron chi connectivity index (χ4n) is 2.10. The lowest BCUT2D eigenvalue weighted by molar-refractivity contribution is 0.164. The number of nitriles is 1. The molecule has 0 N–H and O–H groups in total. The number of carbonyl (C=O) groups is 1. The van der Waals surface area contributed by atoms with Gasteiger partial charge in [-0.2, -0.15) is 5.26 Å². The summed E-state index contributed by atoms with van der Waals surface area (Å²) < 4.78 is 5.28. The Balaban J connectivity index is 1.97. The van der Waals surface area contributed by atoms with Crippen molar-refractivity contribution in [3.63, 3.8) is 0 Å². The molecule has 0 aromatic heterocycles. The van der Waals surface area contributed by atoms with E-state index >= 15 is 0 Å². The van der Waals surface area contributed by atoms with Crippen LogP contribution < -0.4 is 4.74 Å². The Bertz CT molecular complexity index is 491. The fraction of sp³-hybridized carbons (Fsp3) is 0.429. The van der Waals surface area contributed by atoms with E-state index in [0.717, 1.165) is 12.8 Å². The van der Waals surface area contributed by atoms with E-state index < -0.39 is 6.09 Å². The second-order valence-electron chi connectivity index (χ2n) is 4.48. The zero-order valence-corrected chi connectivity index (χ0v) is 10.5. The first-order chi connectivity index (χ1) is 8.70. The molecule has 18 heavy (non-hydrogen) atoms. The van der Waals surface area contributed by atoms with Gasteiger partial charge in [-0.3, -0.25) is 0 Å². The van der Waals surface area contributed by atoms with Crippen LogP contribution in [-0.4, -0.2) is 24.6 Å². The number of benzene rings is 1. The highest BCUT2D eigenvalue weighted by atomic mass is 16.6. The van der Waals surface area contributed by atoms with Crippen molar-refractivity contribution in [1.29, 1.82) is 5.26 Å². The number of nitrogens with zero attached hydrogens (tertiary/aromatic N) is 2. The maximum absolute atomic E-state index is 11.7. The van der Waals surface area contributed by atoms with Gasteiger partial charge in [0, 0.05) is 13.6 Å². The first-order valence-electron chi connectivity index (χ1n) is 6.12. The highest BCUT2D eigenvalue weighted by Crippen LogP contribution is 2.26. The summed E-state index contributed by atoms with van der Waals surface area (Å²) in [5, 5.41) is 8.46. The van der Waals surface area contributed by atoms with Crippen molar-refractivity contribution in [2.24, 2.45) is 0 Å². The summed E-state index contributed by atoms with van der Waals surface area (Å²) in [6.45, 7) is 0.389. The number of aryl methyl sites for hydroxylation is 2. The number of hydrogen-bond donors (Lipinski definition) is 0. The van der Waals surface area contributed by atoms with Gasteiger partial charge in [0.2, 0.25) is 0 Å². The largest absolute Gasteiger partial charge is 0.414 e. The molecule has 0 bridgehead atoms. The van der Waals surface area contributed by atoms with Gasteiger partial charge in [0.15, 0.2) is 0 Å². The maximum atomic E-state index is 11.7. The lowest BCUT2D eigenvalue weighted by Gasteiger charge is -2.15. The third kappa shape index (κ3) is 2.80. The molecule has 1 aromatic rings. The predicted octanol–water partition coefficient (Wildman–Crippen LogP) is 2.52. The molecule has 1 aliphatic carbocycles. The summed E-state index contributed by atoms with van der Waals surface area (Å²) in [7, 11) is 1.63. The molecule has 1 aromatic carbocycles. The number of ether oxygens (including phenoxy) is 1. The monoisotopic (exact) mass is 244 g/mol. The third-order valence-electron chi connectivity index (χ3n) is 3.15. The molecule has 2 rings (SSSR count).